The molecule has 0 aromatic heterocycles. The molecule has 14 aromatic rings. The first-order valence-corrected chi connectivity index (χ1v) is 28.2. The van der Waals surface area contributed by atoms with E-state index in [4.69, 9.17) is 0 Å². The zero-order chi connectivity index (χ0) is 54.0. The molecule has 0 heterocycles. The number of para-hydroxylation sites is 2. The summed E-state index contributed by atoms with van der Waals surface area (Å²) in [4.78, 5) is 4.93. The lowest BCUT2D eigenvalue weighted by Crippen LogP contribution is -2.29. The molecule has 0 amide bonds. The average molecular weight is 1030 g/mol. The van der Waals surface area contributed by atoms with E-state index in [0.29, 0.717) is 0 Å². The Balaban J connectivity index is 0.902. The van der Waals surface area contributed by atoms with Crippen molar-refractivity contribution in [1.82, 2.24) is 0 Å². The first kappa shape index (κ1) is 47.9. The van der Waals surface area contributed by atoms with Crippen LogP contribution in [0.3, 0.4) is 0 Å². The van der Waals surface area contributed by atoms with E-state index < -0.39 is 5.41 Å². The summed E-state index contributed by atoms with van der Waals surface area (Å²) in [6.45, 7) is 4.37. The fourth-order valence-electron chi connectivity index (χ4n) is 13.5. The molecule has 1 aliphatic rings. The monoisotopic (exact) mass is 1030 g/mol. The van der Waals surface area contributed by atoms with Gasteiger partial charge in [-0.2, -0.15) is 0 Å². The zero-order valence-electron chi connectivity index (χ0n) is 45.3. The third-order valence-electron chi connectivity index (χ3n) is 17.0. The molecular formula is C79H56N2. The predicted octanol–water partition coefficient (Wildman–Crippen LogP) is 21.5. The average Bonchev–Trinajstić information content (AvgIpc) is 2.52. The predicted molar refractivity (Wildman–Crippen MR) is 343 cm³/mol. The summed E-state index contributed by atoms with van der Waals surface area (Å²) in [7, 11) is 0. The van der Waals surface area contributed by atoms with Crippen LogP contribution in [0.25, 0.3) is 76.8 Å². The summed E-state index contributed by atoms with van der Waals surface area (Å²) in [6.07, 6.45) is 0. The molecule has 0 fully saturated rings. The van der Waals surface area contributed by atoms with Gasteiger partial charge in [-0.15, -0.1) is 0 Å². The van der Waals surface area contributed by atoms with Crippen molar-refractivity contribution in [3.8, 4) is 44.5 Å². The van der Waals surface area contributed by atoms with Crippen molar-refractivity contribution in [3.05, 3.63) is 337 Å². The Morgan fingerprint density at radius 2 is 0.642 bits per heavy atom. The molecule has 0 bridgehead atoms. The van der Waals surface area contributed by atoms with Gasteiger partial charge < -0.3 is 9.80 Å². The largest absolute Gasteiger partial charge is 0.310 e. The second kappa shape index (κ2) is 19.6. The van der Waals surface area contributed by atoms with Gasteiger partial charge in [0.25, 0.3) is 0 Å². The van der Waals surface area contributed by atoms with Crippen molar-refractivity contribution >= 4 is 66.4 Å². The highest BCUT2D eigenvalue weighted by Crippen LogP contribution is 2.57. The number of hydrogen-bond donors (Lipinski definition) is 0. The van der Waals surface area contributed by atoms with Crippen LogP contribution in [-0.2, 0) is 5.41 Å². The Morgan fingerprint density at radius 1 is 0.259 bits per heavy atom. The molecule has 0 saturated carbocycles. The molecule has 0 N–H and O–H groups in total. The number of benzene rings is 14. The highest BCUT2D eigenvalue weighted by Gasteiger charge is 2.46. The van der Waals surface area contributed by atoms with Gasteiger partial charge in [-0.1, -0.05) is 254 Å². The van der Waals surface area contributed by atoms with Crippen LogP contribution in [0, 0.1) is 13.8 Å². The minimum atomic E-state index is -0.544. The maximum Gasteiger partial charge on any atom is 0.0714 e. The van der Waals surface area contributed by atoms with Crippen LogP contribution in [0.4, 0.5) is 34.1 Å². The van der Waals surface area contributed by atoms with Gasteiger partial charge in [0.2, 0.25) is 0 Å². The fourth-order valence-corrected chi connectivity index (χ4v) is 13.5. The summed E-state index contributed by atoms with van der Waals surface area (Å²) in [5, 5.41) is 7.30. The molecular weight excluding hydrogens is 977 g/mol. The normalized spacial score (nSPS) is 12.4. The van der Waals surface area contributed by atoms with Gasteiger partial charge in [0.15, 0.2) is 0 Å². The topological polar surface area (TPSA) is 6.48 Å². The van der Waals surface area contributed by atoms with Crippen LogP contribution in [-0.4, -0.2) is 0 Å². The van der Waals surface area contributed by atoms with E-state index >= 15 is 0 Å². The van der Waals surface area contributed by atoms with Crippen molar-refractivity contribution in [1.29, 1.82) is 0 Å². The smallest absolute Gasteiger partial charge is 0.0714 e. The number of anilines is 6. The number of aryl methyl sites for hydroxylation is 2. The number of nitrogens with zero attached hydrogens (tertiary/aromatic N) is 2. The molecule has 14 aromatic carbocycles. The number of hydrogen-bond acceptors (Lipinski definition) is 2. The summed E-state index contributed by atoms with van der Waals surface area (Å²) < 4.78 is 0. The highest BCUT2D eigenvalue weighted by molar-refractivity contribution is 6.28. The first-order chi connectivity index (χ1) is 40.0. The Kier molecular flexibility index (Phi) is 11.6. The molecule has 81 heavy (non-hydrogen) atoms. The van der Waals surface area contributed by atoms with Gasteiger partial charge in [0, 0.05) is 33.5 Å². The van der Waals surface area contributed by atoms with Crippen LogP contribution in [0.5, 0.6) is 0 Å². The molecule has 0 atom stereocenters. The SMILES string of the molecule is Cc1cccc(-c2ccccc2-c2ccccc2-c2cccc(N(c3ccccc3)c3ccc4ccc5c(N(c6ccccc6)c6cccc(C7(c8cccc(C)c8)c8ccccc8-c8ccccc87)c6)ccc6ccc3c4c65)c2)c1. The lowest BCUT2D eigenvalue weighted by molar-refractivity contribution is 0.767. The minimum absolute atomic E-state index is 0.544. The number of rotatable bonds is 11. The van der Waals surface area contributed by atoms with Crippen LogP contribution in [0.2, 0.25) is 0 Å². The van der Waals surface area contributed by atoms with Crippen LogP contribution in [0.1, 0.15) is 33.4 Å². The lowest BCUT2D eigenvalue weighted by atomic mass is 9.67. The summed E-state index contributed by atoms with van der Waals surface area (Å²) >= 11 is 0. The van der Waals surface area contributed by atoms with E-state index in [0.717, 1.165) is 39.7 Å². The molecule has 1 aliphatic carbocycles. The maximum absolute atomic E-state index is 2.48. The Hall–Kier alpha value is -10.3. The van der Waals surface area contributed by atoms with Gasteiger partial charge in [-0.05, 0) is 163 Å². The molecule has 0 saturated heterocycles. The number of fused-ring (bicyclic) bond motifs is 3. The molecule has 382 valence electrons. The van der Waals surface area contributed by atoms with Crippen molar-refractivity contribution < 1.29 is 0 Å². The molecule has 2 heteroatoms. The molecule has 0 aliphatic heterocycles. The van der Waals surface area contributed by atoms with Crippen molar-refractivity contribution in [2.24, 2.45) is 0 Å². The van der Waals surface area contributed by atoms with Gasteiger partial charge in [0.1, 0.15) is 0 Å². The molecule has 2 nitrogen and oxygen atoms in total. The van der Waals surface area contributed by atoms with Gasteiger partial charge in [-0.25, -0.2) is 0 Å². The summed E-state index contributed by atoms with van der Waals surface area (Å²) in [6, 6.07) is 113. The van der Waals surface area contributed by atoms with Crippen molar-refractivity contribution in [2.45, 2.75) is 19.3 Å². The van der Waals surface area contributed by atoms with E-state index in [1.54, 1.807) is 0 Å². The maximum atomic E-state index is 2.48. The van der Waals surface area contributed by atoms with E-state index in [1.165, 1.54) is 105 Å². The Bertz CT molecular complexity index is 4640. The van der Waals surface area contributed by atoms with Gasteiger partial charge >= 0.3 is 0 Å². The fraction of sp³-hybridized carbons (Fsp3) is 0.0380. The van der Waals surface area contributed by atoms with Gasteiger partial charge in [-0.3, -0.25) is 0 Å². The standard InChI is InChI=1S/C79H56N2/c1-53-21-17-23-57(49-53)65-33-9-11-35-67(65)68-36-12-10-34-66(68)58-24-19-31-63(51-58)80(61-27-5-3-6-28-61)75-47-43-55-42-46-72-76(48-44-56-41-45-71(75)77(55)78(56)72)81(62-29-7-4-8-30-62)64-32-20-26-60(52-64)79(59-25-18-22-54(2)50-59)73-39-15-13-37-69(73)70-38-14-16-40-74(70)79/h3-52H,1-2H3. The van der Waals surface area contributed by atoms with Crippen LogP contribution in [0.15, 0.2) is 303 Å². The molecule has 0 spiro atoms. The molecule has 0 radical (unpaired) electrons. The van der Waals surface area contributed by atoms with E-state index in [-0.39, 0.29) is 0 Å². The van der Waals surface area contributed by atoms with E-state index in [9.17, 15) is 0 Å². The Labute approximate surface area is 474 Å². The second-order valence-corrected chi connectivity index (χ2v) is 21.7. The lowest BCUT2D eigenvalue weighted by Gasteiger charge is -2.35. The summed E-state index contributed by atoms with van der Waals surface area (Å²) in [5.41, 5.74) is 23.4. The molecule has 0 unspecified atom stereocenters. The second-order valence-electron chi connectivity index (χ2n) is 21.7. The van der Waals surface area contributed by atoms with Crippen LogP contribution >= 0.6 is 0 Å². The van der Waals surface area contributed by atoms with E-state index in [1.807, 2.05) is 0 Å². The minimum Gasteiger partial charge on any atom is -0.310 e. The third-order valence-corrected chi connectivity index (χ3v) is 17.0. The highest BCUT2D eigenvalue weighted by atomic mass is 15.1. The molecule has 15 rings (SSSR count). The zero-order valence-corrected chi connectivity index (χ0v) is 45.3. The van der Waals surface area contributed by atoms with E-state index in [2.05, 4.69) is 327 Å². The van der Waals surface area contributed by atoms with Crippen molar-refractivity contribution in [2.75, 3.05) is 9.80 Å². The first-order valence-electron chi connectivity index (χ1n) is 28.2. The Morgan fingerprint density at radius 3 is 1.16 bits per heavy atom. The van der Waals surface area contributed by atoms with Crippen molar-refractivity contribution in [3.63, 3.8) is 0 Å². The quantitative estimate of drug-likeness (QED) is 0.119. The third kappa shape index (κ3) is 7.86. The van der Waals surface area contributed by atoms with Gasteiger partial charge in [0.05, 0.1) is 16.8 Å². The summed E-state index contributed by atoms with van der Waals surface area (Å²) in [5.74, 6) is 0. The van der Waals surface area contributed by atoms with Crippen LogP contribution < -0.4 is 9.80 Å².